The Morgan fingerprint density at radius 2 is 1.80 bits per heavy atom. The van der Waals surface area contributed by atoms with Crippen molar-refractivity contribution in [2.75, 3.05) is 17.7 Å². The van der Waals surface area contributed by atoms with Crippen LogP contribution in [0.2, 0.25) is 5.02 Å². The largest absolute Gasteiger partial charge is 0.497 e. The van der Waals surface area contributed by atoms with Gasteiger partial charge in [0.05, 0.1) is 7.11 Å². The fourth-order valence-electron chi connectivity index (χ4n) is 3.77. The molecule has 1 atom stereocenters. The molecule has 0 spiro atoms. The van der Waals surface area contributed by atoms with Gasteiger partial charge in [-0.2, -0.15) is 4.98 Å². The SMILES string of the molecule is COc1ccc(/C=C/C(=O)Nc2nc3n(n2)C(c2ccccc2)C=C(c2ccc(Cl)cc2)N3)cc1. The van der Waals surface area contributed by atoms with Gasteiger partial charge >= 0.3 is 0 Å². The third kappa shape index (κ3) is 5.10. The number of rotatable bonds is 6. The number of allylic oxidation sites excluding steroid dienone is 1. The Bertz CT molecular complexity index is 1390. The molecule has 0 radical (unpaired) electrons. The van der Waals surface area contributed by atoms with Crippen molar-refractivity contribution in [2.45, 2.75) is 6.04 Å². The van der Waals surface area contributed by atoms with Crippen LogP contribution in [-0.2, 0) is 4.79 Å². The minimum absolute atomic E-state index is 0.203. The number of amides is 1. The quantitative estimate of drug-likeness (QED) is 0.346. The molecule has 1 aliphatic rings. The van der Waals surface area contributed by atoms with Crippen LogP contribution in [0, 0.1) is 0 Å². The summed E-state index contributed by atoms with van der Waals surface area (Å²) in [5, 5.41) is 11.3. The molecule has 0 saturated heterocycles. The number of carbonyl (C=O) groups excluding carboxylic acids is 1. The minimum Gasteiger partial charge on any atom is -0.497 e. The lowest BCUT2D eigenvalue weighted by atomic mass is 10.0. The molecule has 8 heteroatoms. The van der Waals surface area contributed by atoms with E-state index in [2.05, 4.69) is 26.8 Å². The van der Waals surface area contributed by atoms with Crippen molar-refractivity contribution in [1.82, 2.24) is 14.8 Å². The number of nitrogens with one attached hydrogen (secondary N) is 2. The average molecular weight is 484 g/mol. The van der Waals surface area contributed by atoms with E-state index >= 15 is 0 Å². The van der Waals surface area contributed by atoms with E-state index < -0.39 is 0 Å². The van der Waals surface area contributed by atoms with Crippen LogP contribution in [0.1, 0.15) is 22.7 Å². The van der Waals surface area contributed by atoms with Crippen LogP contribution in [0.4, 0.5) is 11.9 Å². The molecular weight excluding hydrogens is 462 g/mol. The topological polar surface area (TPSA) is 81.1 Å². The van der Waals surface area contributed by atoms with E-state index in [1.165, 1.54) is 6.08 Å². The van der Waals surface area contributed by atoms with E-state index in [0.29, 0.717) is 11.0 Å². The lowest BCUT2D eigenvalue weighted by Gasteiger charge is -2.24. The molecule has 174 valence electrons. The van der Waals surface area contributed by atoms with Crippen molar-refractivity contribution in [3.05, 3.63) is 113 Å². The molecule has 3 aromatic carbocycles. The first-order valence-electron chi connectivity index (χ1n) is 11.0. The summed E-state index contributed by atoms with van der Waals surface area (Å²) in [6.45, 7) is 0. The van der Waals surface area contributed by atoms with Gasteiger partial charge in [0.1, 0.15) is 11.8 Å². The van der Waals surface area contributed by atoms with E-state index in [0.717, 1.165) is 28.1 Å². The van der Waals surface area contributed by atoms with Crippen molar-refractivity contribution in [3.63, 3.8) is 0 Å². The lowest BCUT2D eigenvalue weighted by Crippen LogP contribution is -2.20. The summed E-state index contributed by atoms with van der Waals surface area (Å²) < 4.78 is 6.92. The zero-order chi connectivity index (χ0) is 24.2. The zero-order valence-corrected chi connectivity index (χ0v) is 19.6. The van der Waals surface area contributed by atoms with Crippen LogP contribution in [0.3, 0.4) is 0 Å². The van der Waals surface area contributed by atoms with Gasteiger partial charge in [-0.1, -0.05) is 66.2 Å². The van der Waals surface area contributed by atoms with E-state index in [1.807, 2.05) is 78.9 Å². The smallest absolute Gasteiger partial charge is 0.250 e. The highest BCUT2D eigenvalue weighted by molar-refractivity contribution is 6.30. The molecule has 1 aromatic heterocycles. The Balaban J connectivity index is 1.39. The molecule has 0 bridgehead atoms. The number of fused-ring (bicyclic) bond motifs is 1. The summed E-state index contributed by atoms with van der Waals surface area (Å²) in [6.07, 6.45) is 5.24. The molecule has 2 N–H and O–H groups in total. The van der Waals surface area contributed by atoms with Gasteiger partial charge in [0.2, 0.25) is 5.95 Å². The highest BCUT2D eigenvalue weighted by Gasteiger charge is 2.25. The first kappa shape index (κ1) is 22.4. The number of halogens is 1. The monoisotopic (exact) mass is 483 g/mol. The van der Waals surface area contributed by atoms with Crippen LogP contribution in [0.15, 0.2) is 91.0 Å². The van der Waals surface area contributed by atoms with Crippen LogP contribution < -0.4 is 15.4 Å². The predicted octanol–water partition coefficient (Wildman–Crippen LogP) is 5.65. The molecule has 0 saturated carbocycles. The van der Waals surface area contributed by atoms with Gasteiger partial charge < -0.3 is 10.1 Å². The van der Waals surface area contributed by atoms with Crippen molar-refractivity contribution >= 4 is 41.2 Å². The first-order chi connectivity index (χ1) is 17.1. The van der Waals surface area contributed by atoms with Crippen LogP contribution in [0.25, 0.3) is 11.8 Å². The van der Waals surface area contributed by atoms with E-state index in [9.17, 15) is 4.79 Å². The number of nitrogens with zero attached hydrogens (tertiary/aromatic N) is 3. The van der Waals surface area contributed by atoms with Gasteiger partial charge in [-0.25, -0.2) is 4.68 Å². The second-order valence-electron chi connectivity index (χ2n) is 7.87. The first-order valence-corrected chi connectivity index (χ1v) is 11.4. The third-order valence-electron chi connectivity index (χ3n) is 5.54. The van der Waals surface area contributed by atoms with E-state index in [-0.39, 0.29) is 17.9 Å². The second-order valence-corrected chi connectivity index (χ2v) is 8.30. The maximum absolute atomic E-state index is 12.5. The molecule has 4 aromatic rings. The number of aromatic nitrogens is 3. The number of hydrogen-bond acceptors (Lipinski definition) is 5. The van der Waals surface area contributed by atoms with Crippen molar-refractivity contribution in [3.8, 4) is 5.75 Å². The van der Waals surface area contributed by atoms with Crippen LogP contribution in [-0.4, -0.2) is 27.8 Å². The second kappa shape index (κ2) is 9.87. The number of carbonyl (C=O) groups is 1. The van der Waals surface area contributed by atoms with Gasteiger partial charge in [0.15, 0.2) is 0 Å². The molecule has 1 aliphatic heterocycles. The maximum atomic E-state index is 12.5. The van der Waals surface area contributed by atoms with Gasteiger partial charge in [-0.15, -0.1) is 5.10 Å². The molecule has 7 nitrogen and oxygen atoms in total. The van der Waals surface area contributed by atoms with Gasteiger partial charge in [-0.05, 0) is 53.1 Å². The van der Waals surface area contributed by atoms with Crippen LogP contribution in [0.5, 0.6) is 5.75 Å². The summed E-state index contributed by atoms with van der Waals surface area (Å²) >= 11 is 6.07. The number of hydrogen-bond donors (Lipinski definition) is 2. The fourth-order valence-corrected chi connectivity index (χ4v) is 3.90. The van der Waals surface area contributed by atoms with Gasteiger partial charge in [0, 0.05) is 16.8 Å². The minimum atomic E-state index is -0.328. The maximum Gasteiger partial charge on any atom is 0.250 e. The lowest BCUT2D eigenvalue weighted by molar-refractivity contribution is -0.111. The Morgan fingerprint density at radius 3 is 2.51 bits per heavy atom. The fraction of sp³-hybridized carbons (Fsp3) is 0.0741. The molecule has 2 heterocycles. The summed E-state index contributed by atoms with van der Waals surface area (Å²) in [7, 11) is 1.61. The molecule has 0 aliphatic carbocycles. The Hall–Kier alpha value is -4.36. The number of ether oxygens (including phenoxy) is 1. The summed E-state index contributed by atoms with van der Waals surface area (Å²) in [5.74, 6) is 1.17. The molecular formula is C27H22ClN5O2. The van der Waals surface area contributed by atoms with E-state index in [4.69, 9.17) is 16.3 Å². The summed E-state index contributed by atoms with van der Waals surface area (Å²) in [6, 6.07) is 24.8. The zero-order valence-electron chi connectivity index (χ0n) is 18.9. The van der Waals surface area contributed by atoms with Gasteiger partial charge in [0.25, 0.3) is 11.9 Å². The normalized spacial score (nSPS) is 14.7. The number of anilines is 2. The number of methoxy groups -OCH3 is 1. The molecule has 1 amide bonds. The Labute approximate surface area is 207 Å². The van der Waals surface area contributed by atoms with Crippen molar-refractivity contribution in [1.29, 1.82) is 0 Å². The predicted molar refractivity (Wildman–Crippen MR) is 138 cm³/mol. The molecule has 1 unspecified atom stereocenters. The van der Waals surface area contributed by atoms with Gasteiger partial charge in [-0.3, -0.25) is 10.1 Å². The van der Waals surface area contributed by atoms with Crippen LogP contribution >= 0.6 is 11.6 Å². The summed E-state index contributed by atoms with van der Waals surface area (Å²) in [4.78, 5) is 17.1. The Morgan fingerprint density at radius 1 is 1.06 bits per heavy atom. The highest BCUT2D eigenvalue weighted by Crippen LogP contribution is 2.33. The third-order valence-corrected chi connectivity index (χ3v) is 5.79. The molecule has 0 fully saturated rings. The summed E-state index contributed by atoms with van der Waals surface area (Å²) in [5.41, 5.74) is 3.77. The average Bonchev–Trinajstić information content (AvgIpc) is 3.30. The molecule has 5 rings (SSSR count). The van der Waals surface area contributed by atoms with Crippen molar-refractivity contribution < 1.29 is 9.53 Å². The Kier molecular flexibility index (Phi) is 6.32. The highest BCUT2D eigenvalue weighted by atomic mass is 35.5. The standard InChI is InChI=1S/C27H22ClN5O2/c1-35-22-14-7-18(8-15-22)9-16-25(34)30-26-31-27-29-23(19-10-12-21(28)13-11-19)17-24(33(27)32-26)20-5-3-2-4-6-20/h2-17,24H,1H3,(H2,29,30,31,32,34)/b16-9+. The van der Waals surface area contributed by atoms with E-state index in [1.54, 1.807) is 17.9 Å². The van der Waals surface area contributed by atoms with Crippen molar-refractivity contribution in [2.24, 2.45) is 0 Å². The number of benzene rings is 3. The molecule has 35 heavy (non-hydrogen) atoms.